The van der Waals surface area contributed by atoms with Gasteiger partial charge in [0.05, 0.1) is 25.1 Å². The molecule has 17 heavy (non-hydrogen) atoms. The van der Waals surface area contributed by atoms with Crippen molar-refractivity contribution >= 4 is 0 Å². The molecular formula is C13H16N2O2. The van der Waals surface area contributed by atoms with E-state index in [0.29, 0.717) is 0 Å². The van der Waals surface area contributed by atoms with E-state index < -0.39 is 0 Å². The van der Waals surface area contributed by atoms with E-state index in [-0.39, 0.29) is 6.61 Å². The number of aliphatic hydroxyl groups is 1. The van der Waals surface area contributed by atoms with Crippen LogP contribution in [0.3, 0.4) is 0 Å². The Kier molecular flexibility index (Phi) is 3.44. The van der Waals surface area contributed by atoms with Crippen molar-refractivity contribution in [3.8, 4) is 11.4 Å². The van der Waals surface area contributed by atoms with E-state index >= 15 is 0 Å². The van der Waals surface area contributed by atoms with E-state index in [2.05, 4.69) is 5.10 Å². The van der Waals surface area contributed by atoms with Gasteiger partial charge >= 0.3 is 0 Å². The molecule has 0 bridgehead atoms. The van der Waals surface area contributed by atoms with Gasteiger partial charge in [0, 0.05) is 17.8 Å². The molecule has 0 amide bonds. The molecule has 0 radical (unpaired) electrons. The number of aliphatic hydroxyl groups excluding tert-OH is 1. The minimum absolute atomic E-state index is 0.0210. The quantitative estimate of drug-likeness (QED) is 0.876. The lowest BCUT2D eigenvalue weighted by Gasteiger charge is -2.03. The molecule has 1 aromatic heterocycles. The van der Waals surface area contributed by atoms with Crippen LogP contribution in [0.1, 0.15) is 18.2 Å². The number of hydrogen-bond donors (Lipinski definition) is 1. The Morgan fingerprint density at radius 2 is 2.24 bits per heavy atom. The van der Waals surface area contributed by atoms with Crippen LogP contribution in [-0.4, -0.2) is 22.0 Å². The molecule has 4 heteroatoms. The molecule has 0 atom stereocenters. The third kappa shape index (κ3) is 2.31. The third-order valence-corrected chi connectivity index (χ3v) is 2.70. The van der Waals surface area contributed by atoms with E-state index in [0.717, 1.165) is 29.1 Å². The lowest BCUT2D eigenvalue weighted by Crippen LogP contribution is -1.96. The van der Waals surface area contributed by atoms with Crippen molar-refractivity contribution in [1.82, 2.24) is 9.78 Å². The summed E-state index contributed by atoms with van der Waals surface area (Å²) in [6, 6.07) is 7.67. The minimum Gasteiger partial charge on any atom is -0.497 e. The number of aryl methyl sites for hydroxylation is 1. The monoisotopic (exact) mass is 232 g/mol. The van der Waals surface area contributed by atoms with Gasteiger partial charge in [-0.05, 0) is 18.6 Å². The first-order chi connectivity index (χ1) is 8.28. The molecule has 0 unspecified atom stereocenters. The number of rotatable bonds is 4. The predicted molar refractivity (Wildman–Crippen MR) is 65.4 cm³/mol. The maximum Gasteiger partial charge on any atom is 0.121 e. The first kappa shape index (κ1) is 11.7. The summed E-state index contributed by atoms with van der Waals surface area (Å²) in [5, 5.41) is 13.7. The molecular weight excluding hydrogens is 216 g/mol. The zero-order valence-corrected chi connectivity index (χ0v) is 10.1. The highest BCUT2D eigenvalue weighted by Gasteiger charge is 2.07. The molecule has 0 aliphatic carbocycles. The van der Waals surface area contributed by atoms with Crippen LogP contribution in [0.2, 0.25) is 0 Å². The van der Waals surface area contributed by atoms with Gasteiger partial charge in [-0.3, -0.25) is 0 Å². The first-order valence-corrected chi connectivity index (χ1v) is 5.61. The molecule has 1 heterocycles. The van der Waals surface area contributed by atoms with E-state index in [1.165, 1.54) is 0 Å². The number of nitrogens with zero attached hydrogens (tertiary/aromatic N) is 2. The number of hydrogen-bond acceptors (Lipinski definition) is 3. The lowest BCUT2D eigenvalue weighted by molar-refractivity contribution is 0.280. The topological polar surface area (TPSA) is 47.3 Å². The van der Waals surface area contributed by atoms with E-state index in [1.807, 2.05) is 37.4 Å². The van der Waals surface area contributed by atoms with Crippen molar-refractivity contribution in [2.45, 2.75) is 20.0 Å². The Bertz CT molecular complexity index is 484. The fraction of sp³-hybridized carbons (Fsp3) is 0.308. The summed E-state index contributed by atoms with van der Waals surface area (Å²) in [6.07, 6.45) is 2.67. The molecule has 90 valence electrons. The largest absolute Gasteiger partial charge is 0.497 e. The number of aromatic nitrogens is 2. The summed E-state index contributed by atoms with van der Waals surface area (Å²) < 4.78 is 6.95. The van der Waals surface area contributed by atoms with Crippen LogP contribution in [-0.2, 0) is 13.0 Å². The number of ether oxygens (including phenoxy) is 1. The average Bonchev–Trinajstić information content (AvgIpc) is 2.82. The smallest absolute Gasteiger partial charge is 0.121 e. The number of benzene rings is 1. The Balaban J connectivity index is 2.41. The number of methoxy groups -OCH3 is 1. The van der Waals surface area contributed by atoms with E-state index in [4.69, 9.17) is 4.74 Å². The Morgan fingerprint density at radius 3 is 2.82 bits per heavy atom. The van der Waals surface area contributed by atoms with Crippen LogP contribution in [0.25, 0.3) is 5.69 Å². The molecule has 4 nitrogen and oxygen atoms in total. The van der Waals surface area contributed by atoms with Gasteiger partial charge < -0.3 is 9.84 Å². The second kappa shape index (κ2) is 5.01. The van der Waals surface area contributed by atoms with Crippen molar-refractivity contribution < 1.29 is 9.84 Å². The zero-order valence-electron chi connectivity index (χ0n) is 10.1. The summed E-state index contributed by atoms with van der Waals surface area (Å²) in [5.74, 6) is 0.793. The maximum absolute atomic E-state index is 9.23. The molecule has 1 aromatic carbocycles. The molecule has 0 aliphatic rings. The highest BCUT2D eigenvalue weighted by atomic mass is 16.5. The average molecular weight is 232 g/mol. The van der Waals surface area contributed by atoms with Gasteiger partial charge in [-0.15, -0.1) is 0 Å². The Labute approximate surface area is 100 Å². The standard InChI is InChI=1S/C13H16N2O2/c1-3-13-10(9-16)8-15(14-13)11-5-4-6-12(7-11)17-2/h4-8,16H,3,9H2,1-2H3. The van der Waals surface area contributed by atoms with Crippen molar-refractivity contribution in [2.24, 2.45) is 0 Å². The second-order valence-electron chi connectivity index (χ2n) is 3.76. The second-order valence-corrected chi connectivity index (χ2v) is 3.76. The van der Waals surface area contributed by atoms with Gasteiger partial charge in [-0.1, -0.05) is 13.0 Å². The molecule has 2 rings (SSSR count). The van der Waals surface area contributed by atoms with Crippen LogP contribution in [0, 0.1) is 0 Å². The summed E-state index contributed by atoms with van der Waals surface area (Å²) in [4.78, 5) is 0. The highest BCUT2D eigenvalue weighted by molar-refractivity contribution is 5.39. The molecule has 1 N–H and O–H groups in total. The summed E-state index contributed by atoms with van der Waals surface area (Å²) in [7, 11) is 1.64. The van der Waals surface area contributed by atoms with E-state index in [1.54, 1.807) is 11.8 Å². The van der Waals surface area contributed by atoms with Crippen LogP contribution >= 0.6 is 0 Å². The first-order valence-electron chi connectivity index (χ1n) is 5.61. The fourth-order valence-corrected chi connectivity index (χ4v) is 1.76. The SMILES string of the molecule is CCc1nn(-c2cccc(OC)c2)cc1CO. The van der Waals surface area contributed by atoms with Gasteiger partial charge in [0.2, 0.25) is 0 Å². The summed E-state index contributed by atoms with van der Waals surface area (Å²) in [5.41, 5.74) is 2.73. The zero-order chi connectivity index (χ0) is 12.3. The van der Waals surface area contributed by atoms with Crippen LogP contribution < -0.4 is 4.74 Å². The van der Waals surface area contributed by atoms with Crippen LogP contribution in [0.4, 0.5) is 0 Å². The van der Waals surface area contributed by atoms with Gasteiger partial charge in [0.1, 0.15) is 5.75 Å². The summed E-state index contributed by atoms with van der Waals surface area (Å²) in [6.45, 7) is 2.05. The van der Waals surface area contributed by atoms with Crippen molar-refractivity contribution in [1.29, 1.82) is 0 Å². The maximum atomic E-state index is 9.23. The van der Waals surface area contributed by atoms with Crippen molar-refractivity contribution in [3.63, 3.8) is 0 Å². The van der Waals surface area contributed by atoms with E-state index in [9.17, 15) is 5.11 Å². The summed E-state index contributed by atoms with van der Waals surface area (Å²) >= 11 is 0. The molecule has 2 aromatic rings. The van der Waals surface area contributed by atoms with Crippen LogP contribution in [0.5, 0.6) is 5.75 Å². The van der Waals surface area contributed by atoms with Crippen molar-refractivity contribution in [2.75, 3.05) is 7.11 Å². The normalized spacial score (nSPS) is 10.5. The van der Waals surface area contributed by atoms with Gasteiger partial charge in [0.25, 0.3) is 0 Å². The Morgan fingerprint density at radius 1 is 1.41 bits per heavy atom. The van der Waals surface area contributed by atoms with Gasteiger partial charge in [-0.2, -0.15) is 5.10 Å². The van der Waals surface area contributed by atoms with Gasteiger partial charge in [0.15, 0.2) is 0 Å². The molecule has 0 spiro atoms. The molecule has 0 aliphatic heterocycles. The minimum atomic E-state index is 0.0210. The molecule has 0 saturated heterocycles. The molecule has 0 fully saturated rings. The highest BCUT2D eigenvalue weighted by Crippen LogP contribution is 2.18. The Hall–Kier alpha value is -1.81. The fourth-order valence-electron chi connectivity index (χ4n) is 1.76. The third-order valence-electron chi connectivity index (χ3n) is 2.70. The van der Waals surface area contributed by atoms with Crippen molar-refractivity contribution in [3.05, 3.63) is 41.7 Å². The predicted octanol–water partition coefficient (Wildman–Crippen LogP) is 1.94. The van der Waals surface area contributed by atoms with Gasteiger partial charge in [-0.25, -0.2) is 4.68 Å². The molecule has 0 saturated carbocycles. The lowest BCUT2D eigenvalue weighted by atomic mass is 10.2. The van der Waals surface area contributed by atoms with Crippen LogP contribution in [0.15, 0.2) is 30.5 Å².